The van der Waals surface area contributed by atoms with Crippen LogP contribution < -0.4 is 10.6 Å². The van der Waals surface area contributed by atoms with Crippen molar-refractivity contribution >= 4 is 29.1 Å². The molecule has 1 unspecified atom stereocenters. The number of halogens is 1. The summed E-state index contributed by atoms with van der Waals surface area (Å²) in [5.41, 5.74) is 3.50. The number of nitrogens with zero attached hydrogens (tertiary/aromatic N) is 4. The number of tetrazole rings is 1. The van der Waals surface area contributed by atoms with E-state index in [1.54, 1.807) is 35.9 Å². The molecule has 0 aliphatic rings. The summed E-state index contributed by atoms with van der Waals surface area (Å²) in [5.74, 6) is 0.0357. The molecule has 0 saturated carbocycles. The Morgan fingerprint density at radius 3 is 2.44 bits per heavy atom. The molecular formula is C25H23ClN6O2. The predicted octanol–water partition coefficient (Wildman–Crippen LogP) is 4.43. The van der Waals surface area contributed by atoms with Gasteiger partial charge in [0.2, 0.25) is 5.91 Å². The van der Waals surface area contributed by atoms with E-state index in [1.165, 1.54) is 0 Å². The summed E-state index contributed by atoms with van der Waals surface area (Å²) in [6.07, 6.45) is 0.0350. The Labute approximate surface area is 202 Å². The third kappa shape index (κ3) is 5.29. The van der Waals surface area contributed by atoms with E-state index in [0.29, 0.717) is 22.1 Å². The van der Waals surface area contributed by atoms with Gasteiger partial charge in [-0.25, -0.2) is 0 Å². The molecule has 0 aliphatic heterocycles. The van der Waals surface area contributed by atoms with Gasteiger partial charge in [-0.05, 0) is 59.7 Å². The van der Waals surface area contributed by atoms with Gasteiger partial charge in [0.05, 0.1) is 28.7 Å². The summed E-state index contributed by atoms with van der Waals surface area (Å²) in [6.45, 7) is 3.74. The lowest BCUT2D eigenvalue weighted by molar-refractivity contribution is -0.116. The summed E-state index contributed by atoms with van der Waals surface area (Å²) < 4.78 is 1.61. The maximum absolute atomic E-state index is 13.0. The van der Waals surface area contributed by atoms with Crippen molar-refractivity contribution in [3.8, 4) is 5.69 Å². The second-order valence-corrected chi connectivity index (χ2v) is 8.22. The van der Waals surface area contributed by atoms with Gasteiger partial charge < -0.3 is 10.6 Å². The van der Waals surface area contributed by atoms with Crippen molar-refractivity contribution in [1.82, 2.24) is 25.5 Å². The normalized spacial score (nSPS) is 11.6. The summed E-state index contributed by atoms with van der Waals surface area (Å²) in [7, 11) is 0. The average Bonchev–Trinajstić information content (AvgIpc) is 3.26. The lowest BCUT2D eigenvalue weighted by Gasteiger charge is -2.20. The molecule has 34 heavy (non-hydrogen) atoms. The molecule has 2 N–H and O–H groups in total. The zero-order valence-corrected chi connectivity index (χ0v) is 19.5. The fraction of sp³-hybridized carbons (Fsp3) is 0.160. The Balaban J connectivity index is 1.53. The van der Waals surface area contributed by atoms with E-state index in [4.69, 9.17) is 11.6 Å². The highest BCUT2D eigenvalue weighted by Gasteiger charge is 2.21. The SMILES string of the molecule is Cc1ccc(NC(=O)CC(NC(=O)c2ccccc2Cl)c2ccccc2)cc1-n1nnnc1C. The second-order valence-electron chi connectivity index (χ2n) is 7.81. The monoisotopic (exact) mass is 474 g/mol. The van der Waals surface area contributed by atoms with Crippen molar-refractivity contribution in [1.29, 1.82) is 0 Å². The Morgan fingerprint density at radius 2 is 1.74 bits per heavy atom. The van der Waals surface area contributed by atoms with Crippen LogP contribution in [0.15, 0.2) is 72.8 Å². The summed E-state index contributed by atoms with van der Waals surface area (Å²) >= 11 is 6.19. The molecule has 4 rings (SSSR count). The fourth-order valence-electron chi connectivity index (χ4n) is 3.59. The third-order valence-corrected chi connectivity index (χ3v) is 5.69. The minimum absolute atomic E-state index is 0.0350. The number of hydrogen-bond donors (Lipinski definition) is 2. The molecule has 0 radical (unpaired) electrons. The Morgan fingerprint density at radius 1 is 1.00 bits per heavy atom. The molecule has 9 heteroatoms. The highest BCUT2D eigenvalue weighted by atomic mass is 35.5. The van der Waals surface area contributed by atoms with Crippen molar-refractivity contribution < 1.29 is 9.59 Å². The van der Waals surface area contributed by atoms with Crippen LogP contribution >= 0.6 is 11.6 Å². The van der Waals surface area contributed by atoms with Crippen LogP contribution in [-0.4, -0.2) is 32.0 Å². The number of carbonyl (C=O) groups is 2. The molecule has 0 aliphatic carbocycles. The van der Waals surface area contributed by atoms with Crippen molar-refractivity contribution in [2.75, 3.05) is 5.32 Å². The highest BCUT2D eigenvalue weighted by Crippen LogP contribution is 2.23. The van der Waals surface area contributed by atoms with E-state index in [0.717, 1.165) is 16.8 Å². The first kappa shape index (κ1) is 23.1. The molecule has 0 fully saturated rings. The second kappa shape index (κ2) is 10.3. The van der Waals surface area contributed by atoms with Gasteiger partial charge in [-0.3, -0.25) is 9.59 Å². The van der Waals surface area contributed by atoms with Crippen LogP contribution in [-0.2, 0) is 4.79 Å². The van der Waals surface area contributed by atoms with Crippen LogP contribution in [0.5, 0.6) is 0 Å². The Hall–Kier alpha value is -4.04. The van der Waals surface area contributed by atoms with Gasteiger partial charge in [0.15, 0.2) is 5.82 Å². The van der Waals surface area contributed by atoms with Crippen LogP contribution in [0, 0.1) is 13.8 Å². The summed E-state index contributed by atoms with van der Waals surface area (Å²) in [6, 6.07) is 21.1. The molecule has 1 aromatic heterocycles. The van der Waals surface area contributed by atoms with E-state index < -0.39 is 6.04 Å². The van der Waals surface area contributed by atoms with Crippen LogP contribution in [0.2, 0.25) is 5.02 Å². The van der Waals surface area contributed by atoms with Crippen molar-refractivity contribution in [2.45, 2.75) is 26.3 Å². The Bertz CT molecular complexity index is 1320. The summed E-state index contributed by atoms with van der Waals surface area (Å²) in [5, 5.41) is 17.8. The first-order valence-corrected chi connectivity index (χ1v) is 11.1. The average molecular weight is 475 g/mol. The van der Waals surface area contributed by atoms with Gasteiger partial charge in [0, 0.05) is 5.69 Å². The summed E-state index contributed by atoms with van der Waals surface area (Å²) in [4.78, 5) is 25.9. The molecule has 0 spiro atoms. The van der Waals surface area contributed by atoms with Crippen LogP contribution in [0.4, 0.5) is 5.69 Å². The van der Waals surface area contributed by atoms with E-state index in [-0.39, 0.29) is 18.2 Å². The van der Waals surface area contributed by atoms with Gasteiger partial charge >= 0.3 is 0 Å². The number of amides is 2. The topological polar surface area (TPSA) is 102 Å². The first-order valence-electron chi connectivity index (χ1n) is 10.7. The van der Waals surface area contributed by atoms with E-state index in [2.05, 4.69) is 26.2 Å². The molecule has 8 nitrogen and oxygen atoms in total. The van der Waals surface area contributed by atoms with Crippen LogP contribution in [0.3, 0.4) is 0 Å². The number of aryl methyl sites for hydroxylation is 2. The molecule has 2 amide bonds. The molecular weight excluding hydrogens is 452 g/mol. The molecule has 0 saturated heterocycles. The standard InChI is InChI=1S/C25H23ClN6O2/c1-16-12-13-19(14-23(16)32-17(2)29-30-31-32)27-24(33)15-22(18-8-4-3-5-9-18)28-25(34)20-10-6-7-11-21(20)26/h3-14,22H,15H2,1-2H3,(H,27,33)(H,28,34). The smallest absolute Gasteiger partial charge is 0.253 e. The van der Waals surface area contributed by atoms with Crippen LogP contribution in [0.1, 0.15) is 39.8 Å². The zero-order chi connectivity index (χ0) is 24.1. The molecule has 0 bridgehead atoms. The lowest BCUT2D eigenvalue weighted by atomic mass is 10.0. The highest BCUT2D eigenvalue weighted by molar-refractivity contribution is 6.33. The number of nitrogens with one attached hydrogen (secondary N) is 2. The molecule has 3 aromatic carbocycles. The maximum Gasteiger partial charge on any atom is 0.253 e. The van der Waals surface area contributed by atoms with Gasteiger partial charge in [0.1, 0.15) is 0 Å². The largest absolute Gasteiger partial charge is 0.345 e. The predicted molar refractivity (Wildman–Crippen MR) is 130 cm³/mol. The number of benzene rings is 3. The third-order valence-electron chi connectivity index (χ3n) is 5.36. The van der Waals surface area contributed by atoms with Gasteiger partial charge in [-0.1, -0.05) is 60.1 Å². The van der Waals surface area contributed by atoms with E-state index in [1.807, 2.05) is 55.5 Å². The van der Waals surface area contributed by atoms with Gasteiger partial charge in [-0.2, -0.15) is 4.68 Å². The number of anilines is 1. The van der Waals surface area contributed by atoms with Crippen LogP contribution in [0.25, 0.3) is 5.69 Å². The van der Waals surface area contributed by atoms with Gasteiger partial charge in [-0.15, -0.1) is 5.10 Å². The number of carbonyl (C=O) groups excluding carboxylic acids is 2. The minimum atomic E-state index is -0.545. The van der Waals surface area contributed by atoms with E-state index >= 15 is 0 Å². The molecule has 1 heterocycles. The maximum atomic E-state index is 13.0. The van der Waals surface area contributed by atoms with Crippen molar-refractivity contribution in [3.05, 3.63) is 100 Å². The Kier molecular flexibility index (Phi) is 6.98. The molecule has 4 aromatic rings. The fourth-order valence-corrected chi connectivity index (χ4v) is 3.81. The van der Waals surface area contributed by atoms with E-state index in [9.17, 15) is 9.59 Å². The lowest BCUT2D eigenvalue weighted by Crippen LogP contribution is -2.31. The number of hydrogen-bond acceptors (Lipinski definition) is 5. The van der Waals surface area contributed by atoms with Gasteiger partial charge in [0.25, 0.3) is 5.91 Å². The van der Waals surface area contributed by atoms with Crippen molar-refractivity contribution in [3.63, 3.8) is 0 Å². The quantitative estimate of drug-likeness (QED) is 0.412. The number of rotatable bonds is 7. The van der Waals surface area contributed by atoms with Crippen molar-refractivity contribution in [2.24, 2.45) is 0 Å². The molecule has 1 atom stereocenters. The minimum Gasteiger partial charge on any atom is -0.345 e. The first-order chi connectivity index (χ1) is 16.4. The molecule has 172 valence electrons. The number of aromatic nitrogens is 4. The zero-order valence-electron chi connectivity index (χ0n) is 18.7.